The van der Waals surface area contributed by atoms with E-state index < -0.39 is 0 Å². The Hall–Kier alpha value is -1.09. The highest BCUT2D eigenvalue weighted by molar-refractivity contribution is 6.11. The topological polar surface area (TPSA) is 41.6 Å². The Morgan fingerprint density at radius 1 is 1.77 bits per heavy atom. The minimum atomic E-state index is -0.343. The standard InChI is InChI=1S/C10H11NO2/c1-2-6-7(12)5-8-10(6)9(13-10)3-4-11-8/h2,5,9,11H,3-4H2,1H3/b6-2-. The van der Waals surface area contributed by atoms with Gasteiger partial charge in [0.15, 0.2) is 11.4 Å². The molecule has 1 N–H and O–H groups in total. The molecule has 0 radical (unpaired) electrons. The summed E-state index contributed by atoms with van der Waals surface area (Å²) >= 11 is 0. The number of carbonyl (C=O) groups excluding carboxylic acids is 1. The summed E-state index contributed by atoms with van der Waals surface area (Å²) < 4.78 is 5.64. The van der Waals surface area contributed by atoms with Crippen LogP contribution in [0.15, 0.2) is 23.4 Å². The lowest BCUT2D eigenvalue weighted by Gasteiger charge is -2.18. The zero-order chi connectivity index (χ0) is 9.05. The van der Waals surface area contributed by atoms with E-state index >= 15 is 0 Å². The fraction of sp³-hybridized carbons (Fsp3) is 0.500. The number of hydrogen-bond donors (Lipinski definition) is 1. The molecule has 3 rings (SSSR count). The van der Waals surface area contributed by atoms with Crippen molar-refractivity contribution in [3.8, 4) is 0 Å². The number of allylic oxidation sites excluding steroid dienone is 2. The van der Waals surface area contributed by atoms with Crippen molar-refractivity contribution in [2.45, 2.75) is 25.0 Å². The van der Waals surface area contributed by atoms with E-state index in [-0.39, 0.29) is 17.5 Å². The highest BCUT2D eigenvalue weighted by atomic mass is 16.6. The summed E-state index contributed by atoms with van der Waals surface area (Å²) in [5.74, 6) is 0.106. The van der Waals surface area contributed by atoms with Gasteiger partial charge in [0.2, 0.25) is 0 Å². The van der Waals surface area contributed by atoms with Gasteiger partial charge in [-0.25, -0.2) is 0 Å². The molecule has 0 aromatic carbocycles. The van der Waals surface area contributed by atoms with Crippen molar-refractivity contribution < 1.29 is 9.53 Å². The lowest BCUT2D eigenvalue weighted by Crippen LogP contribution is -2.34. The molecule has 2 aliphatic heterocycles. The molecule has 2 unspecified atom stereocenters. The van der Waals surface area contributed by atoms with Gasteiger partial charge >= 0.3 is 0 Å². The first-order chi connectivity index (χ1) is 6.29. The molecule has 2 heterocycles. The van der Waals surface area contributed by atoms with Crippen LogP contribution in [-0.4, -0.2) is 24.0 Å². The van der Waals surface area contributed by atoms with Gasteiger partial charge in [0.1, 0.15) is 6.10 Å². The molecule has 2 fully saturated rings. The highest BCUT2D eigenvalue weighted by Gasteiger charge is 2.66. The van der Waals surface area contributed by atoms with E-state index in [2.05, 4.69) is 5.32 Å². The lowest BCUT2D eigenvalue weighted by atomic mass is 9.92. The molecule has 3 nitrogen and oxygen atoms in total. The van der Waals surface area contributed by atoms with E-state index in [0.717, 1.165) is 24.2 Å². The average Bonchev–Trinajstić information content (AvgIpc) is 2.75. The Morgan fingerprint density at radius 2 is 2.62 bits per heavy atom. The van der Waals surface area contributed by atoms with Gasteiger partial charge < -0.3 is 10.1 Å². The van der Waals surface area contributed by atoms with Gasteiger partial charge in [-0.1, -0.05) is 6.08 Å². The van der Waals surface area contributed by atoms with Gasteiger partial charge in [-0.15, -0.1) is 0 Å². The van der Waals surface area contributed by atoms with E-state index in [0.29, 0.717) is 0 Å². The number of ether oxygens (including phenoxy) is 1. The SMILES string of the molecule is C/C=C1/C(=O)C=C2NCCC3OC213. The summed E-state index contributed by atoms with van der Waals surface area (Å²) in [6.07, 6.45) is 4.80. The van der Waals surface area contributed by atoms with Gasteiger partial charge in [-0.2, -0.15) is 0 Å². The Kier molecular flexibility index (Phi) is 1.15. The van der Waals surface area contributed by atoms with E-state index in [1.807, 2.05) is 13.0 Å². The molecule has 1 spiro atoms. The van der Waals surface area contributed by atoms with Crippen LogP contribution in [0.25, 0.3) is 0 Å². The second-order valence-electron chi connectivity index (χ2n) is 3.68. The monoisotopic (exact) mass is 177 g/mol. The van der Waals surface area contributed by atoms with E-state index in [1.165, 1.54) is 0 Å². The third kappa shape index (κ3) is 0.672. The van der Waals surface area contributed by atoms with Crippen LogP contribution in [0.2, 0.25) is 0 Å². The third-order valence-corrected chi connectivity index (χ3v) is 3.08. The number of rotatable bonds is 0. The molecule has 0 bridgehead atoms. The number of epoxide rings is 1. The summed E-state index contributed by atoms with van der Waals surface area (Å²) in [5.41, 5.74) is 1.45. The third-order valence-electron chi connectivity index (χ3n) is 3.08. The first-order valence-corrected chi connectivity index (χ1v) is 4.64. The number of piperidine rings is 1. The van der Waals surface area contributed by atoms with Gasteiger partial charge in [-0.05, 0) is 13.3 Å². The smallest absolute Gasteiger partial charge is 0.186 e. The van der Waals surface area contributed by atoms with Crippen LogP contribution < -0.4 is 5.32 Å². The maximum Gasteiger partial charge on any atom is 0.186 e. The largest absolute Gasteiger partial charge is 0.385 e. The summed E-state index contributed by atoms with van der Waals surface area (Å²) in [7, 11) is 0. The van der Waals surface area contributed by atoms with Crippen molar-refractivity contribution in [1.29, 1.82) is 0 Å². The fourth-order valence-corrected chi connectivity index (χ4v) is 2.45. The Morgan fingerprint density at radius 3 is 3.38 bits per heavy atom. The van der Waals surface area contributed by atoms with Gasteiger partial charge in [0.25, 0.3) is 0 Å². The number of nitrogens with one attached hydrogen (secondary N) is 1. The van der Waals surface area contributed by atoms with Gasteiger partial charge in [0, 0.05) is 18.2 Å². The molecule has 68 valence electrons. The van der Waals surface area contributed by atoms with Crippen LogP contribution in [0.3, 0.4) is 0 Å². The Bertz CT molecular complexity index is 356. The first-order valence-electron chi connectivity index (χ1n) is 4.64. The first kappa shape index (κ1) is 7.33. The van der Waals surface area contributed by atoms with Crippen molar-refractivity contribution >= 4 is 5.78 Å². The van der Waals surface area contributed by atoms with Gasteiger partial charge in [-0.3, -0.25) is 4.79 Å². The Balaban J connectivity index is 2.12. The number of carbonyl (C=O) groups is 1. The quantitative estimate of drug-likeness (QED) is 0.433. The second kappa shape index (κ2) is 2.04. The van der Waals surface area contributed by atoms with Crippen molar-refractivity contribution in [2.75, 3.05) is 6.54 Å². The fourth-order valence-electron chi connectivity index (χ4n) is 2.45. The Labute approximate surface area is 76.5 Å². The van der Waals surface area contributed by atoms with Crippen LogP contribution in [0.4, 0.5) is 0 Å². The molecule has 0 aromatic rings. The van der Waals surface area contributed by atoms with Crippen LogP contribution >= 0.6 is 0 Å². The molecule has 0 saturated carbocycles. The summed E-state index contributed by atoms with van der Waals surface area (Å²) in [4.78, 5) is 11.5. The van der Waals surface area contributed by atoms with Crippen LogP contribution in [0, 0.1) is 0 Å². The number of ketones is 1. The van der Waals surface area contributed by atoms with E-state index in [9.17, 15) is 4.79 Å². The average molecular weight is 177 g/mol. The van der Waals surface area contributed by atoms with Gasteiger partial charge in [0.05, 0.1) is 5.70 Å². The lowest BCUT2D eigenvalue weighted by molar-refractivity contribution is -0.111. The highest BCUT2D eigenvalue weighted by Crippen LogP contribution is 2.54. The van der Waals surface area contributed by atoms with Crippen molar-refractivity contribution in [3.05, 3.63) is 23.4 Å². The molecule has 1 aliphatic carbocycles. The summed E-state index contributed by atoms with van der Waals surface area (Å²) in [6.45, 7) is 2.81. The summed E-state index contributed by atoms with van der Waals surface area (Å²) in [5, 5.41) is 3.23. The zero-order valence-electron chi connectivity index (χ0n) is 7.46. The predicted octanol–water partition coefficient (Wildman–Crippen LogP) is 0.530. The minimum absolute atomic E-state index is 0.106. The van der Waals surface area contributed by atoms with Crippen LogP contribution in [-0.2, 0) is 9.53 Å². The van der Waals surface area contributed by atoms with E-state index in [1.54, 1.807) is 6.08 Å². The van der Waals surface area contributed by atoms with Crippen LogP contribution in [0.5, 0.6) is 0 Å². The van der Waals surface area contributed by atoms with Crippen molar-refractivity contribution in [3.63, 3.8) is 0 Å². The maximum absolute atomic E-state index is 11.5. The minimum Gasteiger partial charge on any atom is -0.385 e. The van der Waals surface area contributed by atoms with E-state index in [4.69, 9.17) is 4.74 Å². The molecule has 13 heavy (non-hydrogen) atoms. The van der Waals surface area contributed by atoms with Crippen molar-refractivity contribution in [1.82, 2.24) is 5.32 Å². The second-order valence-corrected chi connectivity index (χ2v) is 3.68. The molecule has 0 aromatic heterocycles. The molecular formula is C10H11NO2. The number of hydrogen-bond acceptors (Lipinski definition) is 3. The molecular weight excluding hydrogens is 166 g/mol. The van der Waals surface area contributed by atoms with Crippen molar-refractivity contribution in [2.24, 2.45) is 0 Å². The zero-order valence-corrected chi connectivity index (χ0v) is 7.46. The van der Waals surface area contributed by atoms with Crippen LogP contribution in [0.1, 0.15) is 13.3 Å². The normalized spacial score (nSPS) is 43.8. The maximum atomic E-state index is 11.5. The predicted molar refractivity (Wildman–Crippen MR) is 47.1 cm³/mol. The molecule has 2 saturated heterocycles. The molecule has 2 atom stereocenters. The molecule has 3 heteroatoms. The molecule has 3 aliphatic rings. The molecule has 0 amide bonds. The summed E-state index contributed by atoms with van der Waals surface area (Å²) in [6, 6.07) is 0.